The van der Waals surface area contributed by atoms with Gasteiger partial charge in [0.15, 0.2) is 0 Å². The van der Waals surface area contributed by atoms with Crippen molar-refractivity contribution in [2.75, 3.05) is 40.3 Å². The van der Waals surface area contributed by atoms with Gasteiger partial charge in [-0.25, -0.2) is 0 Å². The molecule has 0 aromatic heterocycles. The van der Waals surface area contributed by atoms with Crippen LogP contribution in [0.5, 0.6) is 11.5 Å². The highest BCUT2D eigenvalue weighted by molar-refractivity contribution is 5.74. The summed E-state index contributed by atoms with van der Waals surface area (Å²) in [5, 5.41) is 0. The average molecular weight is 982 g/mol. The van der Waals surface area contributed by atoms with E-state index in [9.17, 15) is 9.59 Å². The molecule has 0 aliphatic carbocycles. The van der Waals surface area contributed by atoms with Crippen molar-refractivity contribution in [2.24, 2.45) is 17.8 Å². The molecule has 7 nitrogen and oxygen atoms in total. The number of nitrogens with zero attached hydrogens (tertiary/aromatic N) is 2. The molecule has 0 bridgehead atoms. The summed E-state index contributed by atoms with van der Waals surface area (Å²) in [6, 6.07) is 0. The maximum atomic E-state index is 13.3. The summed E-state index contributed by atoms with van der Waals surface area (Å²) < 4.78 is 19.2. The van der Waals surface area contributed by atoms with Crippen molar-refractivity contribution in [3.8, 4) is 11.5 Å². The van der Waals surface area contributed by atoms with Crippen LogP contribution in [0, 0.1) is 38.5 Å². The fourth-order valence-corrected chi connectivity index (χ4v) is 10.8. The summed E-state index contributed by atoms with van der Waals surface area (Å²) in [5.74, 6) is 4.12. The van der Waals surface area contributed by atoms with E-state index in [1.54, 1.807) is 0 Å². The summed E-state index contributed by atoms with van der Waals surface area (Å²) in [7, 11) is 4.29. The number of hydrogen-bond donors (Lipinski definition) is 0. The summed E-state index contributed by atoms with van der Waals surface area (Å²) >= 11 is 0. The summed E-state index contributed by atoms with van der Waals surface area (Å²) in [6.07, 6.45) is 39.5. The molecule has 0 amide bonds. The highest BCUT2D eigenvalue weighted by atomic mass is 16.5. The van der Waals surface area contributed by atoms with E-state index in [0.717, 1.165) is 149 Å². The van der Waals surface area contributed by atoms with Crippen LogP contribution in [0.1, 0.15) is 283 Å². The van der Waals surface area contributed by atoms with E-state index in [0.29, 0.717) is 12.8 Å². The van der Waals surface area contributed by atoms with E-state index in [-0.39, 0.29) is 23.6 Å². The van der Waals surface area contributed by atoms with Crippen molar-refractivity contribution >= 4 is 11.9 Å². The second-order valence-electron chi connectivity index (χ2n) is 23.7. The first kappa shape index (κ1) is 64.0. The number of benzene rings is 1. The van der Waals surface area contributed by atoms with E-state index >= 15 is 0 Å². The van der Waals surface area contributed by atoms with Gasteiger partial charge < -0.3 is 24.0 Å². The SMILES string of the molecule is CCCCCCCCC(CCCCCCCC)OC(=O)CCCCCCN(CCCCCC(=O)Oc1c(C)c(C)c2c(c1C)CCC(C)(CCCC(C)CCCC(C)CCCC(C)C)O2)CCN(C)C. The first-order valence-corrected chi connectivity index (χ1v) is 30.2. The van der Waals surface area contributed by atoms with Gasteiger partial charge in [-0.3, -0.25) is 9.59 Å². The van der Waals surface area contributed by atoms with Gasteiger partial charge in [-0.2, -0.15) is 0 Å². The molecule has 0 saturated heterocycles. The Morgan fingerprint density at radius 1 is 0.557 bits per heavy atom. The Morgan fingerprint density at radius 3 is 1.63 bits per heavy atom. The van der Waals surface area contributed by atoms with E-state index in [2.05, 4.69) is 93.1 Å². The predicted octanol–water partition coefficient (Wildman–Crippen LogP) is 17.8. The van der Waals surface area contributed by atoms with E-state index in [4.69, 9.17) is 14.2 Å². The zero-order valence-corrected chi connectivity index (χ0v) is 48.6. The second kappa shape index (κ2) is 38.5. The third-order valence-corrected chi connectivity index (χ3v) is 15.9. The molecule has 1 aromatic carbocycles. The maximum Gasteiger partial charge on any atom is 0.311 e. The zero-order chi connectivity index (χ0) is 51.6. The van der Waals surface area contributed by atoms with Gasteiger partial charge in [-0.1, -0.05) is 170 Å². The van der Waals surface area contributed by atoms with Gasteiger partial charge in [-0.05, 0) is 166 Å². The molecule has 1 aromatic rings. The smallest absolute Gasteiger partial charge is 0.311 e. The maximum absolute atomic E-state index is 13.3. The van der Waals surface area contributed by atoms with Crippen molar-refractivity contribution in [1.29, 1.82) is 0 Å². The topological polar surface area (TPSA) is 68.3 Å². The molecular weight excluding hydrogens is 865 g/mol. The fourth-order valence-electron chi connectivity index (χ4n) is 10.8. The molecule has 7 heteroatoms. The van der Waals surface area contributed by atoms with Crippen LogP contribution in [-0.4, -0.2) is 73.7 Å². The zero-order valence-electron chi connectivity index (χ0n) is 48.6. The minimum Gasteiger partial charge on any atom is -0.487 e. The molecule has 0 saturated carbocycles. The number of hydrogen-bond acceptors (Lipinski definition) is 7. The molecular formula is C63H116N2O5. The Morgan fingerprint density at radius 2 is 1.06 bits per heavy atom. The average Bonchev–Trinajstić information content (AvgIpc) is 3.31. The Balaban J connectivity index is 1.74. The van der Waals surface area contributed by atoms with Gasteiger partial charge in [0, 0.05) is 31.5 Å². The van der Waals surface area contributed by atoms with Gasteiger partial charge in [0.1, 0.15) is 23.2 Å². The third-order valence-electron chi connectivity index (χ3n) is 15.9. The Labute approximate surface area is 434 Å². The number of unbranched alkanes of at least 4 members (excludes halogenated alkanes) is 15. The van der Waals surface area contributed by atoms with Crippen LogP contribution in [0.3, 0.4) is 0 Å². The lowest BCUT2D eigenvalue weighted by molar-refractivity contribution is -0.150. The van der Waals surface area contributed by atoms with E-state index < -0.39 is 0 Å². The Kier molecular flexibility index (Phi) is 35.2. The van der Waals surface area contributed by atoms with Crippen molar-refractivity contribution in [3.63, 3.8) is 0 Å². The molecule has 0 N–H and O–H groups in total. The minimum absolute atomic E-state index is 0.0168. The van der Waals surface area contributed by atoms with Crippen molar-refractivity contribution < 1.29 is 23.8 Å². The third kappa shape index (κ3) is 28.9. The molecule has 1 aliphatic rings. The molecule has 0 fully saturated rings. The van der Waals surface area contributed by atoms with Crippen molar-refractivity contribution in [3.05, 3.63) is 22.3 Å². The molecule has 3 unspecified atom stereocenters. The molecule has 70 heavy (non-hydrogen) atoms. The number of rotatable bonds is 44. The molecule has 408 valence electrons. The second-order valence-corrected chi connectivity index (χ2v) is 23.7. The van der Waals surface area contributed by atoms with Gasteiger partial charge in [-0.15, -0.1) is 0 Å². The molecule has 0 spiro atoms. The highest BCUT2D eigenvalue weighted by Gasteiger charge is 2.35. The van der Waals surface area contributed by atoms with Crippen LogP contribution in [0.4, 0.5) is 0 Å². The largest absolute Gasteiger partial charge is 0.487 e. The summed E-state index contributed by atoms with van der Waals surface area (Å²) in [6.45, 7) is 27.0. The van der Waals surface area contributed by atoms with E-state index in [1.807, 2.05) is 0 Å². The molecule has 1 aliphatic heterocycles. The predicted molar refractivity (Wildman–Crippen MR) is 301 cm³/mol. The number of fused-ring (bicyclic) bond motifs is 1. The van der Waals surface area contributed by atoms with Crippen LogP contribution in [0.2, 0.25) is 0 Å². The van der Waals surface area contributed by atoms with Crippen LogP contribution >= 0.6 is 0 Å². The molecule has 1 heterocycles. The van der Waals surface area contributed by atoms with Crippen LogP contribution in [0.25, 0.3) is 0 Å². The number of likely N-dealkylation sites (N-methyl/N-ethyl adjacent to an activating group) is 1. The first-order valence-electron chi connectivity index (χ1n) is 30.2. The summed E-state index contributed by atoms with van der Waals surface area (Å²) in [4.78, 5) is 31.1. The first-order chi connectivity index (χ1) is 33.6. The van der Waals surface area contributed by atoms with Gasteiger partial charge in [0.2, 0.25) is 0 Å². The standard InChI is InChI=1S/C63H116N2O5/c1-13-15-17-19-21-26-40-57(41-27-22-20-18-16-14-2)68-59(66)42-28-23-24-30-47-65(50-49-64(11)12)48-31-25-29-43-60(67)69-61-54(7)55(8)62-58(56(61)9)44-46-63(10,70-62)45-34-39-53(6)38-33-37-52(5)36-32-35-51(3)4/h51-53,57H,13-50H2,1-12H3. The van der Waals surface area contributed by atoms with Crippen LogP contribution in [0.15, 0.2) is 0 Å². The van der Waals surface area contributed by atoms with Gasteiger partial charge in [0.25, 0.3) is 0 Å². The lowest BCUT2D eigenvalue weighted by atomic mass is 9.83. The van der Waals surface area contributed by atoms with Gasteiger partial charge >= 0.3 is 11.9 Å². The Hall–Kier alpha value is -2.12. The normalized spacial score (nSPS) is 15.8. The minimum atomic E-state index is -0.151. The molecule has 3 atom stereocenters. The lowest BCUT2D eigenvalue weighted by Gasteiger charge is -2.38. The number of carbonyl (C=O) groups excluding carboxylic acids is 2. The molecule has 2 rings (SSSR count). The highest BCUT2D eigenvalue weighted by Crippen LogP contribution is 2.45. The number of carbonyl (C=O) groups is 2. The molecule has 0 radical (unpaired) electrons. The van der Waals surface area contributed by atoms with Crippen molar-refractivity contribution in [1.82, 2.24) is 9.80 Å². The Bertz CT molecular complexity index is 1490. The quantitative estimate of drug-likeness (QED) is 0.0367. The number of esters is 2. The number of ether oxygens (including phenoxy) is 3. The lowest BCUT2D eigenvalue weighted by Crippen LogP contribution is -2.37. The fraction of sp³-hybridized carbons (Fsp3) is 0.873. The van der Waals surface area contributed by atoms with E-state index in [1.165, 1.54) is 134 Å². The van der Waals surface area contributed by atoms with Crippen LogP contribution in [-0.2, 0) is 20.7 Å². The van der Waals surface area contributed by atoms with Crippen molar-refractivity contribution in [2.45, 2.75) is 299 Å². The van der Waals surface area contributed by atoms with Gasteiger partial charge in [0.05, 0.1) is 0 Å². The summed E-state index contributed by atoms with van der Waals surface area (Å²) in [5.41, 5.74) is 4.29. The van der Waals surface area contributed by atoms with Crippen LogP contribution < -0.4 is 9.47 Å². The monoisotopic (exact) mass is 981 g/mol.